The summed E-state index contributed by atoms with van der Waals surface area (Å²) in [6.07, 6.45) is 0. The smallest absolute Gasteiger partial charge is 0.412 e. The molecule has 0 saturated heterocycles. The molecule has 0 aliphatic carbocycles. The lowest BCUT2D eigenvalue weighted by Crippen LogP contribution is -2.21. The molecule has 0 aromatic carbocycles. The van der Waals surface area contributed by atoms with Gasteiger partial charge in [-0.05, 0) is 0 Å². The van der Waals surface area contributed by atoms with Crippen LogP contribution < -0.4 is 0 Å². The molecular weight excluding hydrogens is 240 g/mol. The van der Waals surface area contributed by atoms with E-state index in [-0.39, 0.29) is 5.48 Å². The Kier molecular flexibility index (Phi) is 22.7. The van der Waals surface area contributed by atoms with Crippen LogP contribution in [0.3, 0.4) is 0 Å². The first-order valence-electron chi connectivity index (χ1n) is 3.86. The van der Waals surface area contributed by atoms with Crippen LogP contribution in [0, 0.1) is 0 Å². The van der Waals surface area contributed by atoms with Crippen molar-refractivity contribution in [3.63, 3.8) is 0 Å². The van der Waals surface area contributed by atoms with Crippen molar-refractivity contribution < 1.29 is 32.0 Å². The van der Waals surface area contributed by atoms with E-state index in [0.29, 0.717) is 0 Å². The van der Waals surface area contributed by atoms with Crippen LogP contribution in [0.5, 0.6) is 0 Å². The Morgan fingerprint density at radius 3 is 0.600 bits per heavy atom. The molecule has 0 aliphatic rings. The van der Waals surface area contributed by atoms with Crippen LogP contribution in [0.15, 0.2) is 0 Å². The fraction of sp³-hybridized carbons (Fsp3) is 1.00. The van der Waals surface area contributed by atoms with E-state index in [1.54, 1.807) is 42.7 Å². The Morgan fingerprint density at radius 1 is 0.467 bits per heavy atom. The van der Waals surface area contributed by atoms with Gasteiger partial charge in [0, 0.05) is 42.7 Å². The maximum atomic E-state index is 4.74. The van der Waals surface area contributed by atoms with Crippen LogP contribution in [-0.4, -0.2) is 67.2 Å². The second-order valence-electron chi connectivity index (χ2n) is 1.99. The van der Waals surface area contributed by atoms with Gasteiger partial charge in [0.15, 0.2) is 0 Å². The third-order valence-corrected chi connectivity index (χ3v) is 3.46. The van der Waals surface area contributed by atoms with Crippen molar-refractivity contribution in [1.29, 1.82) is 0 Å². The highest BCUT2D eigenvalue weighted by Crippen LogP contribution is 1.81. The highest BCUT2D eigenvalue weighted by Gasteiger charge is 2.05. The van der Waals surface area contributed by atoms with Crippen LogP contribution in [0.25, 0.3) is 0 Å². The van der Waals surface area contributed by atoms with Gasteiger partial charge in [0.2, 0.25) is 0 Å². The van der Waals surface area contributed by atoms with Gasteiger partial charge >= 0.3 is 19.1 Å². The largest absolute Gasteiger partial charge is 0.483 e. The lowest BCUT2D eigenvalue weighted by atomic mass is 11.8. The first-order valence-corrected chi connectivity index (χ1v) is 6.69. The average Bonchev–Trinajstić information content (AvgIpc) is 2.24. The van der Waals surface area contributed by atoms with Crippen LogP contribution in [0.4, 0.5) is 0 Å². The van der Waals surface area contributed by atoms with E-state index in [1.807, 2.05) is 0 Å². The Hall–Kier alpha value is 0.154. The van der Waals surface area contributed by atoms with Crippen molar-refractivity contribution in [2.75, 3.05) is 42.7 Å². The summed E-state index contributed by atoms with van der Waals surface area (Å²) >= 11 is 0. The first-order chi connectivity index (χ1) is 6.69. The van der Waals surface area contributed by atoms with Gasteiger partial charge in [-0.3, -0.25) is 0 Å². The average molecular weight is 262 g/mol. The molecule has 0 bridgehead atoms. The summed E-state index contributed by atoms with van der Waals surface area (Å²) in [4.78, 5) is 0. The van der Waals surface area contributed by atoms with Crippen molar-refractivity contribution >= 4 is 19.1 Å². The Labute approximate surface area is 94.4 Å². The van der Waals surface area contributed by atoms with Crippen molar-refractivity contribution in [1.82, 2.24) is 0 Å². The molecule has 0 heterocycles. The predicted octanol–water partition coefficient (Wildman–Crippen LogP) is -1.54. The molecule has 0 radical (unpaired) electrons. The molecule has 2 N–H and O–H groups in total. The highest BCUT2D eigenvalue weighted by molar-refractivity contribution is 6.36. The molecule has 0 fully saturated rings. The van der Waals surface area contributed by atoms with Crippen LogP contribution in [-0.2, 0) is 26.6 Å². The van der Waals surface area contributed by atoms with Crippen molar-refractivity contribution in [2.24, 2.45) is 0 Å². The number of hydrogen-bond acceptors (Lipinski definition) is 6. The van der Waals surface area contributed by atoms with Gasteiger partial charge in [0.25, 0.3) is 0 Å². The lowest BCUT2D eigenvalue weighted by molar-refractivity contribution is 0.163. The fourth-order valence-corrected chi connectivity index (χ4v) is 1.73. The molecule has 0 spiro atoms. The fourth-order valence-electron chi connectivity index (χ4n) is 0.577. The second kappa shape index (κ2) is 16.6. The zero-order valence-electron chi connectivity index (χ0n) is 10.1. The lowest BCUT2D eigenvalue weighted by Gasteiger charge is -2.05. The molecule has 7 nitrogen and oxygen atoms in total. The van der Waals surface area contributed by atoms with E-state index in [0.717, 1.165) is 0 Å². The molecule has 9 heteroatoms. The van der Waals surface area contributed by atoms with Gasteiger partial charge in [-0.15, -0.1) is 0 Å². The van der Waals surface area contributed by atoms with Gasteiger partial charge in [0.05, 0.1) is 0 Å². The quantitative estimate of drug-likeness (QED) is 0.539. The molecule has 96 valence electrons. The molecule has 0 atom stereocenters. The molecular formula is C6H22O7Si2. The monoisotopic (exact) mass is 262 g/mol. The number of hydrogen-bond donors (Lipinski definition) is 0. The van der Waals surface area contributed by atoms with Crippen LogP contribution >= 0.6 is 0 Å². The summed E-state index contributed by atoms with van der Waals surface area (Å²) in [6, 6.07) is 0. The maximum absolute atomic E-state index is 4.74. The molecule has 0 saturated carbocycles. The van der Waals surface area contributed by atoms with E-state index in [9.17, 15) is 0 Å². The predicted molar refractivity (Wildman–Crippen MR) is 60.0 cm³/mol. The van der Waals surface area contributed by atoms with Gasteiger partial charge in [-0.1, -0.05) is 0 Å². The topological polar surface area (TPSA) is 86.9 Å². The van der Waals surface area contributed by atoms with E-state index in [2.05, 4.69) is 0 Å². The molecule has 0 unspecified atom stereocenters. The summed E-state index contributed by atoms with van der Waals surface area (Å²) in [5.41, 5.74) is 0. The van der Waals surface area contributed by atoms with E-state index >= 15 is 0 Å². The molecule has 0 amide bonds. The summed E-state index contributed by atoms with van der Waals surface area (Å²) in [5.74, 6) is 0. The van der Waals surface area contributed by atoms with E-state index < -0.39 is 19.1 Å². The minimum absolute atomic E-state index is 0. The van der Waals surface area contributed by atoms with Crippen molar-refractivity contribution in [2.45, 2.75) is 0 Å². The van der Waals surface area contributed by atoms with E-state index in [4.69, 9.17) is 26.6 Å². The Bertz CT molecular complexity index is 76.5. The standard InChI is InChI=1S/2C3H10O3Si.H2O/c2*1-4-7(5-2)6-3;/h2*7H,1-3H3;1H2. The molecule has 0 aromatic heterocycles. The normalized spacial score (nSPS) is 9.60. The zero-order chi connectivity index (χ0) is 11.4. The van der Waals surface area contributed by atoms with Gasteiger partial charge in [0.1, 0.15) is 0 Å². The minimum Gasteiger partial charge on any atom is -0.412 e. The van der Waals surface area contributed by atoms with E-state index in [1.165, 1.54) is 0 Å². The summed E-state index contributed by atoms with van der Waals surface area (Å²) in [7, 11) is 6.10. The molecule has 0 aromatic rings. The third kappa shape index (κ3) is 14.2. The highest BCUT2D eigenvalue weighted by atomic mass is 28.3. The van der Waals surface area contributed by atoms with Gasteiger partial charge in [-0.25, -0.2) is 0 Å². The Balaban J connectivity index is -0.000000180. The minimum atomic E-state index is -1.67. The molecule has 15 heavy (non-hydrogen) atoms. The molecule has 0 rings (SSSR count). The molecule has 0 aliphatic heterocycles. The summed E-state index contributed by atoms with van der Waals surface area (Å²) in [5, 5.41) is 0. The maximum Gasteiger partial charge on any atom is 0.483 e. The number of rotatable bonds is 6. The summed E-state index contributed by atoms with van der Waals surface area (Å²) in [6.45, 7) is 0. The zero-order valence-corrected chi connectivity index (χ0v) is 12.4. The van der Waals surface area contributed by atoms with Gasteiger partial charge < -0.3 is 32.0 Å². The Morgan fingerprint density at radius 2 is 0.600 bits per heavy atom. The van der Waals surface area contributed by atoms with Gasteiger partial charge in [-0.2, -0.15) is 0 Å². The van der Waals surface area contributed by atoms with Crippen LogP contribution in [0.2, 0.25) is 0 Å². The second-order valence-corrected chi connectivity index (χ2v) is 5.97. The first kappa shape index (κ1) is 20.6. The SMILES string of the molecule is CO[SiH](OC)OC.CO[SiH](OC)OC.O. The van der Waals surface area contributed by atoms with Crippen LogP contribution in [0.1, 0.15) is 0 Å². The third-order valence-electron chi connectivity index (χ3n) is 1.15. The van der Waals surface area contributed by atoms with Crippen molar-refractivity contribution in [3.05, 3.63) is 0 Å². The summed E-state index contributed by atoms with van der Waals surface area (Å²) < 4.78 is 28.5. The van der Waals surface area contributed by atoms with Crippen molar-refractivity contribution in [3.8, 4) is 0 Å².